The van der Waals surface area contributed by atoms with E-state index < -0.39 is 11.8 Å². The summed E-state index contributed by atoms with van der Waals surface area (Å²) < 4.78 is 14.0. The second-order valence-electron chi connectivity index (χ2n) is 5.17. The van der Waals surface area contributed by atoms with Gasteiger partial charge in [0.25, 0.3) is 0 Å². The summed E-state index contributed by atoms with van der Waals surface area (Å²) in [6.45, 7) is 0.633. The minimum atomic E-state index is -1.15. The van der Waals surface area contributed by atoms with Crippen molar-refractivity contribution >= 4 is 29.1 Å². The molecule has 1 aliphatic rings. The normalized spacial score (nSPS) is 17.1. The highest BCUT2D eigenvalue weighted by Crippen LogP contribution is 2.40. The fourth-order valence-corrected chi connectivity index (χ4v) is 3.55. The maximum Gasteiger partial charge on any atom is 0.337 e. The summed E-state index contributed by atoms with van der Waals surface area (Å²) in [7, 11) is 0. The molecule has 0 unspecified atom stereocenters. The Kier molecular flexibility index (Phi) is 4.42. The van der Waals surface area contributed by atoms with Gasteiger partial charge in [0.05, 0.1) is 11.3 Å². The fourth-order valence-electron chi connectivity index (χ4n) is 2.64. The first-order chi connectivity index (χ1) is 9.47. The lowest BCUT2D eigenvalue weighted by atomic mass is 10.1. The first-order valence-corrected chi connectivity index (χ1v) is 7.81. The number of halogens is 1. The van der Waals surface area contributed by atoms with E-state index in [1.54, 1.807) is 11.8 Å². The smallest absolute Gasteiger partial charge is 0.337 e. The van der Waals surface area contributed by atoms with Crippen molar-refractivity contribution in [3.8, 4) is 0 Å². The Morgan fingerprint density at radius 2 is 2.15 bits per heavy atom. The van der Waals surface area contributed by atoms with Crippen LogP contribution in [-0.4, -0.2) is 28.6 Å². The lowest BCUT2D eigenvalue weighted by molar-refractivity contribution is 0.0698. The lowest BCUT2D eigenvalue weighted by Gasteiger charge is -2.27. The predicted octanol–water partition coefficient (Wildman–Crippen LogP) is 3.19. The second-order valence-corrected chi connectivity index (χ2v) is 6.45. The van der Waals surface area contributed by atoms with Crippen molar-refractivity contribution in [2.45, 2.75) is 30.4 Å². The average Bonchev–Trinajstić information content (AvgIpc) is 2.87. The van der Waals surface area contributed by atoms with Crippen molar-refractivity contribution < 1.29 is 14.3 Å². The van der Waals surface area contributed by atoms with Gasteiger partial charge in [-0.3, -0.25) is 0 Å². The molecule has 1 aliphatic carbocycles. The van der Waals surface area contributed by atoms with Crippen molar-refractivity contribution in [1.29, 1.82) is 0 Å². The molecule has 1 saturated carbocycles. The molecule has 2 rings (SSSR count). The van der Waals surface area contributed by atoms with E-state index in [2.05, 4.69) is 11.6 Å². The molecule has 0 saturated heterocycles. The van der Waals surface area contributed by atoms with Gasteiger partial charge in [-0.1, -0.05) is 12.8 Å². The average molecular weight is 298 g/mol. The Bertz CT molecular complexity index is 516. The largest absolute Gasteiger partial charge is 0.478 e. The van der Waals surface area contributed by atoms with E-state index in [1.807, 2.05) is 0 Å². The van der Waals surface area contributed by atoms with Crippen LogP contribution in [0.3, 0.4) is 0 Å². The Hall–Kier alpha value is -1.43. The summed E-state index contributed by atoms with van der Waals surface area (Å²) in [5, 5.41) is 12.1. The molecule has 4 nitrogen and oxygen atoms in total. The Morgan fingerprint density at radius 1 is 1.50 bits per heavy atom. The molecule has 0 heterocycles. The van der Waals surface area contributed by atoms with E-state index in [0.29, 0.717) is 6.54 Å². The number of nitrogens with one attached hydrogen (secondary N) is 1. The Morgan fingerprint density at radius 3 is 2.70 bits per heavy atom. The number of carboxylic acids is 1. The highest BCUT2D eigenvalue weighted by Gasteiger charge is 2.32. The summed E-state index contributed by atoms with van der Waals surface area (Å²) in [5.41, 5.74) is 5.59. The van der Waals surface area contributed by atoms with Crippen molar-refractivity contribution in [2.24, 2.45) is 0 Å². The molecular weight excluding hydrogens is 279 g/mol. The molecular formula is C14H19FN2O2S. The van der Waals surface area contributed by atoms with Crippen LogP contribution in [0.5, 0.6) is 0 Å². The minimum absolute atomic E-state index is 0.0546. The molecule has 1 fully saturated rings. The molecule has 110 valence electrons. The number of anilines is 2. The van der Waals surface area contributed by atoms with Crippen LogP contribution in [0.15, 0.2) is 12.1 Å². The topological polar surface area (TPSA) is 75.3 Å². The molecule has 1 aromatic carbocycles. The first-order valence-electron chi connectivity index (χ1n) is 6.59. The summed E-state index contributed by atoms with van der Waals surface area (Å²) in [6, 6.07) is 2.34. The summed E-state index contributed by atoms with van der Waals surface area (Å²) in [6.07, 6.45) is 6.64. The third kappa shape index (κ3) is 3.00. The molecule has 1 aromatic rings. The molecule has 0 spiro atoms. The van der Waals surface area contributed by atoms with Crippen LogP contribution in [0.1, 0.15) is 36.0 Å². The first kappa shape index (κ1) is 15.0. The van der Waals surface area contributed by atoms with Crippen LogP contribution >= 0.6 is 11.8 Å². The molecule has 0 amide bonds. The van der Waals surface area contributed by atoms with Crippen molar-refractivity contribution in [1.82, 2.24) is 0 Å². The van der Waals surface area contributed by atoms with Gasteiger partial charge in [-0.25, -0.2) is 9.18 Å². The molecule has 0 aromatic heterocycles. The minimum Gasteiger partial charge on any atom is -0.478 e. The molecule has 6 heteroatoms. The number of carbonyl (C=O) groups is 1. The highest BCUT2D eigenvalue weighted by molar-refractivity contribution is 8.00. The van der Waals surface area contributed by atoms with Gasteiger partial charge in [0, 0.05) is 17.0 Å². The summed E-state index contributed by atoms with van der Waals surface area (Å²) in [4.78, 5) is 11.0. The van der Waals surface area contributed by atoms with Gasteiger partial charge in [-0.15, -0.1) is 0 Å². The van der Waals surface area contributed by atoms with Gasteiger partial charge in [-0.2, -0.15) is 11.8 Å². The zero-order valence-corrected chi connectivity index (χ0v) is 12.2. The van der Waals surface area contributed by atoms with Gasteiger partial charge < -0.3 is 16.2 Å². The third-order valence-corrected chi connectivity index (χ3v) is 5.34. The third-order valence-electron chi connectivity index (χ3n) is 3.92. The maximum absolute atomic E-state index is 13.9. The van der Waals surface area contributed by atoms with E-state index >= 15 is 0 Å². The second kappa shape index (κ2) is 5.91. The standard InChI is InChI=1S/C14H19FN2O2S/c1-20-14(4-2-3-5-14)8-17-12-6-9(13(18)19)11(16)7-10(12)15/h6-7,17H,2-5,8,16H2,1H3,(H,18,19). The molecule has 0 aliphatic heterocycles. The van der Waals surface area contributed by atoms with Gasteiger partial charge in [0.1, 0.15) is 5.82 Å². The molecule has 20 heavy (non-hydrogen) atoms. The molecule has 0 atom stereocenters. The summed E-state index contributed by atoms with van der Waals surface area (Å²) >= 11 is 1.79. The Labute approximate surface area is 121 Å². The fraction of sp³-hybridized carbons (Fsp3) is 0.500. The van der Waals surface area contributed by atoms with Crippen LogP contribution in [-0.2, 0) is 0 Å². The zero-order chi connectivity index (χ0) is 14.8. The number of benzene rings is 1. The number of aromatic carboxylic acids is 1. The van der Waals surface area contributed by atoms with Crippen molar-refractivity contribution in [3.05, 3.63) is 23.5 Å². The van der Waals surface area contributed by atoms with Crippen LogP contribution in [0.4, 0.5) is 15.8 Å². The highest BCUT2D eigenvalue weighted by atomic mass is 32.2. The van der Waals surface area contributed by atoms with Crippen LogP contribution in [0, 0.1) is 5.82 Å². The maximum atomic E-state index is 13.9. The monoisotopic (exact) mass is 298 g/mol. The van der Waals surface area contributed by atoms with Crippen molar-refractivity contribution in [3.63, 3.8) is 0 Å². The number of nitrogens with two attached hydrogens (primary N) is 1. The van der Waals surface area contributed by atoms with E-state index in [4.69, 9.17) is 10.8 Å². The molecule has 4 N–H and O–H groups in total. The van der Waals surface area contributed by atoms with Crippen LogP contribution in [0.2, 0.25) is 0 Å². The number of carboxylic acid groups (broad SMARTS) is 1. The number of rotatable bonds is 5. The van der Waals surface area contributed by atoms with Gasteiger partial charge in [0.2, 0.25) is 0 Å². The SMILES string of the molecule is CSC1(CNc2cc(C(=O)O)c(N)cc2F)CCCC1. The van der Waals surface area contributed by atoms with Gasteiger partial charge >= 0.3 is 5.97 Å². The number of thioether (sulfide) groups is 1. The zero-order valence-electron chi connectivity index (χ0n) is 11.4. The number of hydrogen-bond donors (Lipinski definition) is 3. The van der Waals surface area contributed by atoms with Gasteiger partial charge in [-0.05, 0) is 31.2 Å². The number of nitrogen functional groups attached to an aromatic ring is 1. The van der Waals surface area contributed by atoms with Crippen LogP contribution < -0.4 is 11.1 Å². The van der Waals surface area contributed by atoms with Crippen LogP contribution in [0.25, 0.3) is 0 Å². The van der Waals surface area contributed by atoms with E-state index in [0.717, 1.165) is 18.9 Å². The lowest BCUT2D eigenvalue weighted by Crippen LogP contribution is -2.30. The van der Waals surface area contributed by atoms with E-state index in [-0.39, 0.29) is 21.7 Å². The van der Waals surface area contributed by atoms with E-state index in [9.17, 15) is 9.18 Å². The summed E-state index contributed by atoms with van der Waals surface area (Å²) in [5.74, 6) is -1.66. The van der Waals surface area contributed by atoms with Crippen molar-refractivity contribution in [2.75, 3.05) is 23.9 Å². The predicted molar refractivity (Wildman–Crippen MR) is 81.0 cm³/mol. The number of hydrogen-bond acceptors (Lipinski definition) is 4. The Balaban J connectivity index is 2.17. The van der Waals surface area contributed by atoms with Gasteiger partial charge in [0.15, 0.2) is 0 Å². The molecule has 0 radical (unpaired) electrons. The van der Waals surface area contributed by atoms with E-state index in [1.165, 1.54) is 18.9 Å². The molecule has 0 bridgehead atoms. The quantitative estimate of drug-likeness (QED) is 0.728.